The molecule has 0 atom stereocenters. The number of carbonyl (C=O) groups excluding carboxylic acids is 1. The zero-order chi connectivity index (χ0) is 21.7. The molecule has 7 heteroatoms. The molecule has 3 aromatic rings. The third kappa shape index (κ3) is 5.05. The Morgan fingerprint density at radius 3 is 2.67 bits per heavy atom. The van der Waals surface area contributed by atoms with Crippen molar-refractivity contribution in [2.75, 3.05) is 20.3 Å². The van der Waals surface area contributed by atoms with Gasteiger partial charge in [-0.15, -0.1) is 0 Å². The quantitative estimate of drug-likeness (QED) is 0.349. The first-order valence-corrected chi connectivity index (χ1v) is 10.4. The second-order valence-electron chi connectivity index (χ2n) is 7.07. The maximum Gasteiger partial charge on any atom is 0.305 e. The van der Waals surface area contributed by atoms with Gasteiger partial charge in [0.05, 0.1) is 37.9 Å². The highest BCUT2D eigenvalue weighted by Gasteiger charge is 2.14. The van der Waals surface area contributed by atoms with Crippen LogP contribution in [-0.2, 0) is 16.1 Å². The summed E-state index contributed by atoms with van der Waals surface area (Å²) in [5.74, 6) is 2.19. The molecule has 0 spiro atoms. The van der Waals surface area contributed by atoms with Crippen LogP contribution in [-0.4, -0.2) is 35.8 Å². The molecule has 0 radical (unpaired) electrons. The highest BCUT2D eigenvalue weighted by atomic mass is 35.5. The molecule has 30 heavy (non-hydrogen) atoms. The number of hydrogen-bond donors (Lipinski definition) is 0. The maximum atomic E-state index is 11.5. The van der Waals surface area contributed by atoms with Crippen molar-refractivity contribution in [1.29, 1.82) is 0 Å². The molecule has 0 saturated heterocycles. The predicted molar refractivity (Wildman–Crippen MR) is 118 cm³/mol. The van der Waals surface area contributed by atoms with Gasteiger partial charge >= 0.3 is 5.97 Å². The Hall–Kier alpha value is -2.73. The zero-order valence-corrected chi connectivity index (χ0v) is 18.6. The molecule has 0 fully saturated rings. The minimum absolute atomic E-state index is 0.196. The van der Waals surface area contributed by atoms with Crippen LogP contribution in [0, 0.1) is 13.8 Å². The number of ether oxygens (including phenoxy) is 3. The molecule has 0 aliphatic carbocycles. The van der Waals surface area contributed by atoms with E-state index in [-0.39, 0.29) is 5.97 Å². The molecule has 6 nitrogen and oxygen atoms in total. The van der Waals surface area contributed by atoms with E-state index in [0.717, 1.165) is 39.5 Å². The summed E-state index contributed by atoms with van der Waals surface area (Å²) in [6.45, 7) is 7.24. The standard InChI is InChI=1S/C23H27ClN2O4/c1-5-29-22(27)7-6-10-30-19-11-15(2)23-21(13-19)26(16(3)25-23)14-17-8-9-18(28-4)12-20(17)24/h8-9,11-13H,5-7,10,14H2,1-4H3. The van der Waals surface area contributed by atoms with Gasteiger partial charge in [0.15, 0.2) is 0 Å². The van der Waals surface area contributed by atoms with Crippen molar-refractivity contribution in [2.45, 2.75) is 40.2 Å². The number of methoxy groups -OCH3 is 1. The molecule has 0 bridgehead atoms. The minimum Gasteiger partial charge on any atom is -0.497 e. The summed E-state index contributed by atoms with van der Waals surface area (Å²) in [5, 5.41) is 0.652. The van der Waals surface area contributed by atoms with E-state index in [0.29, 0.717) is 37.6 Å². The van der Waals surface area contributed by atoms with Crippen LogP contribution in [0.15, 0.2) is 30.3 Å². The second-order valence-corrected chi connectivity index (χ2v) is 7.47. The maximum absolute atomic E-state index is 11.5. The van der Waals surface area contributed by atoms with Crippen LogP contribution in [0.5, 0.6) is 11.5 Å². The largest absolute Gasteiger partial charge is 0.497 e. The fraction of sp³-hybridized carbons (Fsp3) is 0.391. The van der Waals surface area contributed by atoms with E-state index in [4.69, 9.17) is 30.8 Å². The number of halogens is 1. The number of benzene rings is 2. The van der Waals surface area contributed by atoms with E-state index in [2.05, 4.69) is 4.57 Å². The van der Waals surface area contributed by atoms with Gasteiger partial charge in [0.1, 0.15) is 17.3 Å². The molecule has 0 unspecified atom stereocenters. The Morgan fingerprint density at radius 2 is 1.97 bits per heavy atom. The Bertz CT molecular complexity index is 1050. The number of aromatic nitrogens is 2. The molecular formula is C23H27ClN2O4. The Morgan fingerprint density at radius 1 is 1.17 bits per heavy atom. The van der Waals surface area contributed by atoms with E-state index in [9.17, 15) is 4.79 Å². The number of hydrogen-bond acceptors (Lipinski definition) is 5. The summed E-state index contributed by atoms with van der Waals surface area (Å²) in [6, 6.07) is 9.65. The van der Waals surface area contributed by atoms with E-state index in [1.807, 2.05) is 44.2 Å². The zero-order valence-electron chi connectivity index (χ0n) is 17.8. The number of fused-ring (bicyclic) bond motifs is 1. The molecule has 0 N–H and O–H groups in total. The molecule has 0 saturated carbocycles. The Kier molecular flexibility index (Phi) is 7.21. The number of carbonyl (C=O) groups is 1. The van der Waals surface area contributed by atoms with Crippen LogP contribution in [0.1, 0.15) is 36.7 Å². The molecule has 160 valence electrons. The monoisotopic (exact) mass is 430 g/mol. The highest BCUT2D eigenvalue weighted by Crippen LogP contribution is 2.29. The van der Waals surface area contributed by atoms with Crippen LogP contribution in [0.25, 0.3) is 11.0 Å². The smallest absolute Gasteiger partial charge is 0.305 e. The summed E-state index contributed by atoms with van der Waals surface area (Å²) in [4.78, 5) is 16.2. The number of aryl methyl sites for hydroxylation is 2. The van der Waals surface area contributed by atoms with Gasteiger partial charge in [0.2, 0.25) is 0 Å². The summed E-state index contributed by atoms with van der Waals surface area (Å²) in [7, 11) is 1.62. The predicted octanol–water partition coefficient (Wildman–Crippen LogP) is 5.09. The Labute approximate surface area is 181 Å². The average molecular weight is 431 g/mol. The van der Waals surface area contributed by atoms with Crippen molar-refractivity contribution in [2.24, 2.45) is 0 Å². The van der Waals surface area contributed by atoms with E-state index in [1.165, 1.54) is 0 Å². The number of esters is 1. The average Bonchev–Trinajstić information content (AvgIpc) is 3.03. The van der Waals surface area contributed by atoms with Crippen molar-refractivity contribution in [3.63, 3.8) is 0 Å². The lowest BCUT2D eigenvalue weighted by molar-refractivity contribution is -0.143. The molecule has 0 amide bonds. The van der Waals surface area contributed by atoms with Crippen LogP contribution in [0.2, 0.25) is 5.02 Å². The first-order valence-electron chi connectivity index (χ1n) is 10.0. The second kappa shape index (κ2) is 9.85. The van der Waals surface area contributed by atoms with Crippen molar-refractivity contribution in [3.05, 3.63) is 52.3 Å². The van der Waals surface area contributed by atoms with Crippen molar-refractivity contribution in [3.8, 4) is 11.5 Å². The Balaban J connectivity index is 1.80. The number of rotatable bonds is 9. The summed E-state index contributed by atoms with van der Waals surface area (Å²) >= 11 is 6.45. The van der Waals surface area contributed by atoms with Gasteiger partial charge in [-0.05, 0) is 56.5 Å². The lowest BCUT2D eigenvalue weighted by atomic mass is 10.1. The van der Waals surface area contributed by atoms with E-state index in [1.54, 1.807) is 14.0 Å². The van der Waals surface area contributed by atoms with Gasteiger partial charge in [0, 0.05) is 17.5 Å². The van der Waals surface area contributed by atoms with Crippen molar-refractivity contribution < 1.29 is 19.0 Å². The van der Waals surface area contributed by atoms with E-state index < -0.39 is 0 Å². The first kappa shape index (κ1) is 22.0. The molecule has 3 rings (SSSR count). The summed E-state index contributed by atoms with van der Waals surface area (Å²) in [5.41, 5.74) is 3.95. The third-order valence-corrected chi connectivity index (χ3v) is 5.25. The van der Waals surface area contributed by atoms with Crippen LogP contribution in [0.4, 0.5) is 0 Å². The molecule has 1 aromatic heterocycles. The molecule has 0 aliphatic rings. The molecule has 1 heterocycles. The third-order valence-electron chi connectivity index (χ3n) is 4.90. The van der Waals surface area contributed by atoms with Crippen LogP contribution in [0.3, 0.4) is 0 Å². The normalized spacial score (nSPS) is 11.0. The van der Waals surface area contributed by atoms with Crippen LogP contribution >= 0.6 is 11.6 Å². The number of nitrogens with zero attached hydrogens (tertiary/aromatic N) is 2. The first-order chi connectivity index (χ1) is 14.4. The lowest BCUT2D eigenvalue weighted by Crippen LogP contribution is -2.07. The fourth-order valence-electron chi connectivity index (χ4n) is 3.35. The highest BCUT2D eigenvalue weighted by molar-refractivity contribution is 6.31. The van der Waals surface area contributed by atoms with Crippen molar-refractivity contribution in [1.82, 2.24) is 9.55 Å². The molecule has 2 aromatic carbocycles. The molecular weight excluding hydrogens is 404 g/mol. The van der Waals surface area contributed by atoms with Gasteiger partial charge in [-0.1, -0.05) is 17.7 Å². The van der Waals surface area contributed by atoms with Gasteiger partial charge in [-0.25, -0.2) is 4.98 Å². The topological polar surface area (TPSA) is 62.6 Å². The van der Waals surface area contributed by atoms with Gasteiger partial charge < -0.3 is 18.8 Å². The van der Waals surface area contributed by atoms with Crippen LogP contribution < -0.4 is 9.47 Å². The van der Waals surface area contributed by atoms with Gasteiger partial charge in [0.25, 0.3) is 0 Å². The van der Waals surface area contributed by atoms with Gasteiger partial charge in [-0.3, -0.25) is 4.79 Å². The number of imidazole rings is 1. The van der Waals surface area contributed by atoms with E-state index >= 15 is 0 Å². The van der Waals surface area contributed by atoms with Gasteiger partial charge in [-0.2, -0.15) is 0 Å². The molecule has 0 aliphatic heterocycles. The minimum atomic E-state index is -0.196. The SMILES string of the molecule is CCOC(=O)CCCOc1cc(C)c2nc(C)n(Cc3ccc(OC)cc3Cl)c2c1. The summed E-state index contributed by atoms with van der Waals surface area (Å²) in [6.07, 6.45) is 0.956. The summed E-state index contributed by atoms with van der Waals surface area (Å²) < 4.78 is 18.2. The lowest BCUT2D eigenvalue weighted by Gasteiger charge is -2.12. The fourth-order valence-corrected chi connectivity index (χ4v) is 3.58. The van der Waals surface area contributed by atoms with Crippen molar-refractivity contribution >= 4 is 28.6 Å².